The molecule has 0 bridgehead atoms. The lowest BCUT2D eigenvalue weighted by Crippen LogP contribution is -2.20. The van der Waals surface area contributed by atoms with Crippen molar-refractivity contribution in [2.75, 3.05) is 18.5 Å². The Balaban J connectivity index is 1.86. The Morgan fingerprint density at radius 3 is 2.50 bits per heavy atom. The van der Waals surface area contributed by atoms with E-state index in [1.54, 1.807) is 37.3 Å². The van der Waals surface area contributed by atoms with Gasteiger partial charge in [-0.25, -0.2) is 13.6 Å². The molecule has 0 heterocycles. The number of amides is 1. The largest absolute Gasteiger partial charge is 0.481 e. The first-order valence-electron chi connectivity index (χ1n) is 7.80. The predicted octanol–water partition coefficient (Wildman–Crippen LogP) is 3.56. The lowest BCUT2D eigenvalue weighted by atomic mass is 10.2. The van der Waals surface area contributed by atoms with E-state index in [0.717, 1.165) is 17.7 Å². The van der Waals surface area contributed by atoms with Gasteiger partial charge in [-0.15, -0.1) is 0 Å². The molecule has 0 aliphatic carbocycles. The van der Waals surface area contributed by atoms with Crippen LogP contribution in [0.5, 0.6) is 5.75 Å². The fourth-order valence-corrected chi connectivity index (χ4v) is 1.96. The quantitative estimate of drug-likeness (QED) is 0.605. The zero-order chi connectivity index (χ0) is 18.9. The number of anilines is 1. The highest BCUT2D eigenvalue weighted by Gasteiger charge is 2.08. The minimum Gasteiger partial charge on any atom is -0.481 e. The molecule has 1 N–H and O–H groups in total. The Morgan fingerprint density at radius 2 is 1.85 bits per heavy atom. The van der Waals surface area contributed by atoms with Crippen molar-refractivity contribution in [1.29, 1.82) is 0 Å². The Kier molecular flexibility index (Phi) is 6.84. The molecule has 0 radical (unpaired) electrons. The molecule has 0 aliphatic heterocycles. The molecule has 0 fully saturated rings. The molecule has 1 amide bonds. The number of halogens is 2. The maximum Gasteiger partial charge on any atom is 0.330 e. The van der Waals surface area contributed by atoms with Crippen molar-refractivity contribution in [3.05, 3.63) is 65.7 Å². The summed E-state index contributed by atoms with van der Waals surface area (Å²) >= 11 is 0. The zero-order valence-corrected chi connectivity index (χ0v) is 14.0. The van der Waals surface area contributed by atoms with Crippen LogP contribution in [0.1, 0.15) is 12.5 Å². The highest BCUT2D eigenvalue weighted by Crippen LogP contribution is 2.17. The smallest absolute Gasteiger partial charge is 0.330 e. The third-order valence-electron chi connectivity index (χ3n) is 3.15. The van der Waals surface area contributed by atoms with Gasteiger partial charge in [0.15, 0.2) is 18.2 Å². The number of esters is 1. The van der Waals surface area contributed by atoms with Crippen LogP contribution in [0, 0.1) is 11.6 Å². The number of hydrogen-bond donors (Lipinski definition) is 1. The molecular formula is C19H17F2NO4. The minimum atomic E-state index is -0.879. The number of rotatable bonds is 7. The van der Waals surface area contributed by atoms with E-state index < -0.39 is 30.1 Å². The van der Waals surface area contributed by atoms with Crippen molar-refractivity contribution in [1.82, 2.24) is 0 Å². The molecule has 0 atom stereocenters. The molecule has 0 saturated carbocycles. The first-order chi connectivity index (χ1) is 12.5. The number of carbonyl (C=O) groups is 2. The van der Waals surface area contributed by atoms with Gasteiger partial charge in [0, 0.05) is 17.8 Å². The summed E-state index contributed by atoms with van der Waals surface area (Å²) in [5, 5.41) is 2.58. The molecule has 136 valence electrons. The second kappa shape index (κ2) is 9.31. The van der Waals surface area contributed by atoms with Gasteiger partial charge >= 0.3 is 5.97 Å². The Morgan fingerprint density at radius 1 is 1.12 bits per heavy atom. The van der Waals surface area contributed by atoms with Crippen LogP contribution in [0.25, 0.3) is 6.08 Å². The number of benzene rings is 2. The van der Waals surface area contributed by atoms with E-state index in [1.807, 2.05) is 0 Å². The van der Waals surface area contributed by atoms with Crippen LogP contribution < -0.4 is 10.1 Å². The average Bonchev–Trinajstić information content (AvgIpc) is 2.61. The summed E-state index contributed by atoms with van der Waals surface area (Å²) in [5.74, 6) is -2.74. The van der Waals surface area contributed by atoms with Crippen molar-refractivity contribution in [3.63, 3.8) is 0 Å². The van der Waals surface area contributed by atoms with Gasteiger partial charge < -0.3 is 14.8 Å². The Labute approximate surface area is 149 Å². The normalized spacial score (nSPS) is 10.6. The van der Waals surface area contributed by atoms with E-state index in [0.29, 0.717) is 18.4 Å². The first kappa shape index (κ1) is 19.1. The van der Waals surface area contributed by atoms with Gasteiger partial charge in [-0.1, -0.05) is 12.1 Å². The van der Waals surface area contributed by atoms with Crippen molar-refractivity contribution in [2.24, 2.45) is 0 Å². The number of ether oxygens (including phenoxy) is 2. The van der Waals surface area contributed by atoms with Crippen molar-refractivity contribution < 1.29 is 27.8 Å². The molecule has 0 unspecified atom stereocenters. The maximum absolute atomic E-state index is 13.4. The van der Waals surface area contributed by atoms with Gasteiger partial charge in [0.1, 0.15) is 5.82 Å². The van der Waals surface area contributed by atoms with Crippen LogP contribution in [0.4, 0.5) is 14.5 Å². The predicted molar refractivity (Wildman–Crippen MR) is 92.6 cm³/mol. The molecular weight excluding hydrogens is 344 g/mol. The van der Waals surface area contributed by atoms with Gasteiger partial charge in [-0.05, 0) is 42.8 Å². The number of carbonyl (C=O) groups excluding carboxylic acids is 2. The second-order valence-electron chi connectivity index (χ2n) is 5.12. The van der Waals surface area contributed by atoms with Gasteiger partial charge in [-0.3, -0.25) is 4.79 Å². The second-order valence-corrected chi connectivity index (χ2v) is 5.12. The standard InChI is InChI=1S/C19H17F2NO4/c1-2-25-19(24)10-5-13-3-7-15(8-4-13)22-18(23)12-26-17-9-6-14(20)11-16(17)21/h3-11H,2,12H2,1H3,(H,22,23). The van der Waals surface area contributed by atoms with Crippen LogP contribution in [0.15, 0.2) is 48.5 Å². The first-order valence-corrected chi connectivity index (χ1v) is 7.80. The summed E-state index contributed by atoms with van der Waals surface area (Å²) in [6, 6.07) is 9.51. The van der Waals surface area contributed by atoms with Crippen molar-refractivity contribution >= 4 is 23.6 Å². The highest BCUT2D eigenvalue weighted by atomic mass is 19.1. The van der Waals surface area contributed by atoms with Crippen molar-refractivity contribution in [3.8, 4) is 5.75 Å². The third kappa shape index (κ3) is 6.01. The van der Waals surface area contributed by atoms with Crippen LogP contribution in [-0.2, 0) is 14.3 Å². The Bertz CT molecular complexity index is 804. The molecule has 0 saturated heterocycles. The summed E-state index contributed by atoms with van der Waals surface area (Å²) < 4.78 is 36.0. The molecule has 2 aromatic rings. The van der Waals surface area contributed by atoms with Crippen molar-refractivity contribution in [2.45, 2.75) is 6.92 Å². The lowest BCUT2D eigenvalue weighted by molar-refractivity contribution is -0.137. The highest BCUT2D eigenvalue weighted by molar-refractivity contribution is 5.92. The SMILES string of the molecule is CCOC(=O)C=Cc1ccc(NC(=O)COc2ccc(F)cc2F)cc1. The fraction of sp³-hybridized carbons (Fsp3) is 0.158. The molecule has 26 heavy (non-hydrogen) atoms. The summed E-state index contributed by atoms with van der Waals surface area (Å²) in [6.07, 6.45) is 2.90. The van der Waals surface area contributed by atoms with E-state index in [1.165, 1.54) is 6.08 Å². The molecule has 2 rings (SSSR count). The third-order valence-corrected chi connectivity index (χ3v) is 3.15. The van der Waals surface area contributed by atoms with Gasteiger partial charge in [0.2, 0.25) is 0 Å². The van der Waals surface area contributed by atoms with Crippen LogP contribution >= 0.6 is 0 Å². The zero-order valence-electron chi connectivity index (χ0n) is 14.0. The molecule has 0 aliphatic rings. The molecule has 0 aromatic heterocycles. The molecule has 7 heteroatoms. The van der Waals surface area contributed by atoms with E-state index in [2.05, 4.69) is 5.32 Å². The minimum absolute atomic E-state index is 0.207. The average molecular weight is 361 g/mol. The van der Waals surface area contributed by atoms with Crippen LogP contribution in [0.2, 0.25) is 0 Å². The van der Waals surface area contributed by atoms with Crippen LogP contribution in [-0.4, -0.2) is 25.1 Å². The van der Waals surface area contributed by atoms with Gasteiger partial charge in [-0.2, -0.15) is 0 Å². The topological polar surface area (TPSA) is 64.6 Å². The van der Waals surface area contributed by atoms with Crippen LogP contribution in [0.3, 0.4) is 0 Å². The maximum atomic E-state index is 13.4. The summed E-state index contributed by atoms with van der Waals surface area (Å²) in [4.78, 5) is 23.1. The molecule has 0 spiro atoms. The number of nitrogens with one attached hydrogen (secondary N) is 1. The summed E-state index contributed by atoms with van der Waals surface area (Å²) in [5.41, 5.74) is 1.26. The van der Waals surface area contributed by atoms with Gasteiger partial charge in [0.25, 0.3) is 5.91 Å². The summed E-state index contributed by atoms with van der Waals surface area (Å²) in [6.45, 7) is 1.60. The molecule has 5 nitrogen and oxygen atoms in total. The molecule has 2 aromatic carbocycles. The lowest BCUT2D eigenvalue weighted by Gasteiger charge is -2.08. The van der Waals surface area contributed by atoms with E-state index in [-0.39, 0.29) is 5.75 Å². The van der Waals surface area contributed by atoms with E-state index in [4.69, 9.17) is 9.47 Å². The van der Waals surface area contributed by atoms with Gasteiger partial charge in [0.05, 0.1) is 6.61 Å². The van der Waals surface area contributed by atoms with E-state index in [9.17, 15) is 18.4 Å². The monoisotopic (exact) mass is 361 g/mol. The fourth-order valence-electron chi connectivity index (χ4n) is 1.96. The summed E-state index contributed by atoms with van der Waals surface area (Å²) in [7, 11) is 0. The van der Waals surface area contributed by atoms with E-state index >= 15 is 0 Å². The Hall–Kier alpha value is -3.22. The number of hydrogen-bond acceptors (Lipinski definition) is 4.